The molecule has 0 aliphatic heterocycles. The first-order chi connectivity index (χ1) is 16.7. The van der Waals surface area contributed by atoms with E-state index >= 15 is 0 Å². The van der Waals surface area contributed by atoms with E-state index in [1.807, 2.05) is 97.1 Å². The summed E-state index contributed by atoms with van der Waals surface area (Å²) in [5, 5.41) is 12.7. The van der Waals surface area contributed by atoms with Crippen LogP contribution in [0.2, 0.25) is 0 Å². The van der Waals surface area contributed by atoms with Crippen LogP contribution in [0.4, 0.5) is 17.1 Å². The van der Waals surface area contributed by atoms with E-state index in [-0.39, 0.29) is 18.0 Å². The Balaban J connectivity index is 1.31. The first-order valence-corrected chi connectivity index (χ1v) is 10.9. The van der Waals surface area contributed by atoms with Crippen LogP contribution in [-0.4, -0.2) is 15.7 Å². The zero-order chi connectivity index (χ0) is 23.3. The molecule has 5 aromatic rings. The Morgan fingerprint density at radius 3 is 2.21 bits per heavy atom. The number of carbonyl (C=O) groups is 1. The third-order valence-corrected chi connectivity index (χ3v) is 5.46. The number of nitrogens with one attached hydrogen (secondary N) is 2. The molecule has 5 rings (SSSR count). The van der Waals surface area contributed by atoms with E-state index in [4.69, 9.17) is 0 Å². The average molecular weight is 447 g/mol. The Morgan fingerprint density at radius 2 is 1.38 bits per heavy atom. The van der Waals surface area contributed by atoms with Crippen molar-refractivity contribution in [3.05, 3.63) is 120 Å². The summed E-state index contributed by atoms with van der Waals surface area (Å²) in [6.45, 7) is -0.179. The monoisotopic (exact) mass is 446 g/mol. The highest BCUT2D eigenvalue weighted by Crippen LogP contribution is 2.26. The Labute approximate surface area is 196 Å². The van der Waals surface area contributed by atoms with Crippen molar-refractivity contribution < 1.29 is 4.79 Å². The number of nitrogens with zero attached hydrogens (tertiary/aromatic N) is 2. The fraction of sp³-hybridized carbons (Fsp3) is 0.0357. The lowest BCUT2D eigenvalue weighted by Crippen LogP contribution is -2.29. The average Bonchev–Trinajstić information content (AvgIpc) is 2.87. The van der Waals surface area contributed by atoms with Crippen LogP contribution in [0.25, 0.3) is 22.0 Å². The van der Waals surface area contributed by atoms with E-state index in [0.29, 0.717) is 11.4 Å². The molecular formula is C28H22N4O2. The normalized spacial score (nSPS) is 10.7. The van der Waals surface area contributed by atoms with Gasteiger partial charge in [0.15, 0.2) is 0 Å². The predicted molar refractivity (Wildman–Crippen MR) is 136 cm³/mol. The summed E-state index contributed by atoms with van der Waals surface area (Å²) >= 11 is 0. The Kier molecular flexibility index (Phi) is 5.86. The first-order valence-electron chi connectivity index (χ1n) is 10.9. The number of benzene rings is 4. The van der Waals surface area contributed by atoms with Gasteiger partial charge < -0.3 is 10.6 Å². The maximum atomic E-state index is 12.6. The largest absolute Gasteiger partial charge is 0.356 e. The zero-order valence-electron chi connectivity index (χ0n) is 18.3. The lowest BCUT2D eigenvalue weighted by atomic mass is 10.0. The third kappa shape index (κ3) is 4.71. The quantitative estimate of drug-likeness (QED) is 0.364. The molecule has 0 radical (unpaired) electrons. The van der Waals surface area contributed by atoms with Gasteiger partial charge in [0.2, 0.25) is 5.91 Å². The molecule has 0 saturated carbocycles. The lowest BCUT2D eigenvalue weighted by Gasteiger charge is -2.11. The Hall–Kier alpha value is -4.71. The van der Waals surface area contributed by atoms with Crippen LogP contribution in [0.1, 0.15) is 0 Å². The number of rotatable bonds is 6. The molecule has 0 aliphatic rings. The van der Waals surface area contributed by atoms with Gasteiger partial charge >= 0.3 is 0 Å². The third-order valence-electron chi connectivity index (χ3n) is 5.46. The zero-order valence-corrected chi connectivity index (χ0v) is 18.3. The first kappa shape index (κ1) is 21.2. The molecule has 34 heavy (non-hydrogen) atoms. The second kappa shape index (κ2) is 9.42. The van der Waals surface area contributed by atoms with Crippen molar-refractivity contribution in [2.75, 3.05) is 10.6 Å². The highest BCUT2D eigenvalue weighted by molar-refractivity contribution is 5.95. The molecule has 0 atom stereocenters. The minimum absolute atomic E-state index is 0.179. The molecule has 0 spiro atoms. The van der Waals surface area contributed by atoms with Gasteiger partial charge in [-0.3, -0.25) is 9.59 Å². The van der Waals surface area contributed by atoms with Crippen molar-refractivity contribution in [2.45, 2.75) is 6.54 Å². The minimum atomic E-state index is -0.332. The van der Waals surface area contributed by atoms with E-state index in [1.165, 1.54) is 10.7 Å². The van der Waals surface area contributed by atoms with Crippen molar-refractivity contribution >= 4 is 33.7 Å². The van der Waals surface area contributed by atoms with Crippen LogP contribution in [0.3, 0.4) is 0 Å². The summed E-state index contributed by atoms with van der Waals surface area (Å²) in [5.41, 5.74) is 3.75. The fourth-order valence-corrected chi connectivity index (χ4v) is 3.82. The molecule has 4 aromatic carbocycles. The van der Waals surface area contributed by atoms with Crippen LogP contribution >= 0.6 is 0 Å². The summed E-state index contributed by atoms with van der Waals surface area (Å²) in [6.07, 6.45) is 0. The molecule has 0 aliphatic carbocycles. The second-order valence-corrected chi connectivity index (χ2v) is 7.86. The minimum Gasteiger partial charge on any atom is -0.356 e. The molecule has 6 heteroatoms. The number of fused-ring (bicyclic) bond motifs is 1. The smallest absolute Gasteiger partial charge is 0.267 e. The lowest BCUT2D eigenvalue weighted by molar-refractivity contribution is -0.117. The van der Waals surface area contributed by atoms with Gasteiger partial charge in [0.05, 0.1) is 5.69 Å². The Morgan fingerprint density at radius 1 is 0.706 bits per heavy atom. The highest BCUT2D eigenvalue weighted by atomic mass is 16.2. The van der Waals surface area contributed by atoms with Gasteiger partial charge in [-0.05, 0) is 53.2 Å². The van der Waals surface area contributed by atoms with Crippen LogP contribution in [0.15, 0.2) is 114 Å². The van der Waals surface area contributed by atoms with E-state index in [2.05, 4.69) is 15.7 Å². The van der Waals surface area contributed by atoms with Crippen LogP contribution in [0, 0.1) is 0 Å². The number of hydrogen-bond donors (Lipinski definition) is 2. The fourth-order valence-electron chi connectivity index (χ4n) is 3.82. The number of hydrogen-bond acceptors (Lipinski definition) is 4. The van der Waals surface area contributed by atoms with E-state index in [9.17, 15) is 9.59 Å². The molecule has 2 N–H and O–H groups in total. The highest BCUT2D eigenvalue weighted by Gasteiger charge is 2.10. The maximum absolute atomic E-state index is 12.6. The summed E-state index contributed by atoms with van der Waals surface area (Å²) in [7, 11) is 0. The molecule has 0 fully saturated rings. The molecule has 1 aromatic heterocycles. The van der Waals surface area contributed by atoms with Gasteiger partial charge in [-0.2, -0.15) is 5.10 Å². The van der Waals surface area contributed by atoms with E-state index < -0.39 is 0 Å². The van der Waals surface area contributed by atoms with E-state index in [1.54, 1.807) is 6.07 Å². The number of carbonyl (C=O) groups excluding carboxylic acids is 1. The predicted octanol–water partition coefficient (Wildman–Crippen LogP) is 5.45. The molecule has 0 unspecified atom stereocenters. The van der Waals surface area contributed by atoms with Crippen LogP contribution in [-0.2, 0) is 11.3 Å². The summed E-state index contributed by atoms with van der Waals surface area (Å²) in [5.74, 6) is -0.326. The molecule has 0 saturated heterocycles. The summed E-state index contributed by atoms with van der Waals surface area (Å²) < 4.78 is 1.19. The topological polar surface area (TPSA) is 76.0 Å². The maximum Gasteiger partial charge on any atom is 0.267 e. The number of para-hydroxylation sites is 1. The van der Waals surface area contributed by atoms with Crippen molar-refractivity contribution in [2.24, 2.45) is 0 Å². The van der Waals surface area contributed by atoms with Crippen molar-refractivity contribution in [3.63, 3.8) is 0 Å². The van der Waals surface area contributed by atoms with Gasteiger partial charge in [0.1, 0.15) is 6.54 Å². The van der Waals surface area contributed by atoms with Gasteiger partial charge in [-0.25, -0.2) is 4.68 Å². The summed E-state index contributed by atoms with van der Waals surface area (Å²) in [4.78, 5) is 25.0. The SMILES string of the molecule is O=C(Cn1nc(-c2cccc3ccccc23)ccc1=O)Nc1ccc(Nc2ccccc2)cc1. The van der Waals surface area contributed by atoms with Gasteiger partial charge in [-0.1, -0.05) is 60.7 Å². The molecule has 6 nitrogen and oxygen atoms in total. The van der Waals surface area contributed by atoms with Crippen molar-refractivity contribution in [3.8, 4) is 11.3 Å². The molecule has 1 heterocycles. The van der Waals surface area contributed by atoms with Gasteiger partial charge in [0, 0.05) is 28.7 Å². The van der Waals surface area contributed by atoms with Crippen LogP contribution in [0.5, 0.6) is 0 Å². The second-order valence-electron chi connectivity index (χ2n) is 7.86. The standard InChI is InChI=1S/C28H22N4O2/c33-27(30-23-15-13-22(14-16-23)29-21-9-2-1-3-10-21)19-32-28(34)18-17-26(31-32)25-12-6-8-20-7-4-5-11-24(20)25/h1-18,29H,19H2,(H,30,33). The van der Waals surface area contributed by atoms with Gasteiger partial charge in [0.25, 0.3) is 5.56 Å². The Bertz CT molecular complexity index is 1500. The summed E-state index contributed by atoms with van der Waals surface area (Å²) in [6, 6.07) is 34.3. The molecule has 0 bridgehead atoms. The van der Waals surface area contributed by atoms with Crippen LogP contribution < -0.4 is 16.2 Å². The van der Waals surface area contributed by atoms with Crippen molar-refractivity contribution in [1.29, 1.82) is 0 Å². The molecule has 166 valence electrons. The number of aromatic nitrogens is 2. The number of amides is 1. The van der Waals surface area contributed by atoms with Gasteiger partial charge in [-0.15, -0.1) is 0 Å². The van der Waals surface area contributed by atoms with E-state index in [0.717, 1.165) is 27.7 Å². The number of anilines is 3. The molecular weight excluding hydrogens is 424 g/mol. The van der Waals surface area contributed by atoms with Crippen molar-refractivity contribution in [1.82, 2.24) is 9.78 Å². The molecule has 1 amide bonds.